The average molecular weight is 154 g/mol. The predicted octanol–water partition coefficient (Wildman–Crippen LogP) is 0.383. The van der Waals surface area contributed by atoms with Crippen LogP contribution in [0.5, 0.6) is 0 Å². The van der Waals surface area contributed by atoms with Crippen molar-refractivity contribution in [1.29, 1.82) is 0 Å². The average Bonchev–Trinajstić information content (AvgIpc) is 1.33. The van der Waals surface area contributed by atoms with Gasteiger partial charge in [0.15, 0.2) is 0 Å². The van der Waals surface area contributed by atoms with Crippen molar-refractivity contribution in [2.45, 2.75) is 26.9 Å². The molecule has 0 heterocycles. The first-order valence-electron chi connectivity index (χ1n) is 2.44. The Kier molecular flexibility index (Phi) is 31.0. The normalized spacial score (nSPS) is 6.75. The van der Waals surface area contributed by atoms with Gasteiger partial charge in [-0.1, -0.05) is 0 Å². The van der Waals surface area contributed by atoms with Crippen LogP contribution in [0, 0.1) is 0 Å². The van der Waals surface area contributed by atoms with Crippen molar-refractivity contribution in [1.82, 2.24) is 0 Å². The van der Waals surface area contributed by atoms with Crippen molar-refractivity contribution in [2.75, 3.05) is 6.61 Å². The van der Waals surface area contributed by atoms with E-state index in [-0.39, 0.29) is 34.4 Å². The smallest absolute Gasteiger partial charge is 0.0483 e. The minimum Gasteiger partial charge on any atom is -0.397 e. The minimum absolute atomic E-state index is 0. The van der Waals surface area contributed by atoms with E-state index in [0.717, 1.165) is 0 Å². The van der Waals surface area contributed by atoms with E-state index < -0.39 is 0 Å². The molecule has 2 nitrogen and oxygen atoms in total. The third kappa shape index (κ3) is 523. The van der Waals surface area contributed by atoms with E-state index in [2.05, 4.69) is 0 Å². The molecule has 3 heteroatoms. The maximum Gasteiger partial charge on any atom is 0.0483 e. The predicted molar refractivity (Wildman–Crippen MR) is 30.1 cm³/mol. The number of rotatable bonds is 0. The van der Waals surface area contributed by atoms with Crippen LogP contribution in [-0.2, 0) is 21.7 Å². The summed E-state index contributed by atoms with van der Waals surface area (Å²) in [5.41, 5.74) is 0. The van der Waals surface area contributed by atoms with Crippen LogP contribution in [0.15, 0.2) is 0 Å². The van der Waals surface area contributed by atoms with Gasteiger partial charge in [0.25, 0.3) is 0 Å². The van der Waals surface area contributed by atoms with Gasteiger partial charge in [-0.2, -0.15) is 0 Å². The molecule has 0 aliphatic heterocycles. The van der Waals surface area contributed by atoms with E-state index in [9.17, 15) is 0 Å². The summed E-state index contributed by atoms with van der Waals surface area (Å²) in [6, 6.07) is 0. The van der Waals surface area contributed by atoms with Gasteiger partial charge in [-0.3, -0.25) is 0 Å². The van der Waals surface area contributed by atoms with Crippen LogP contribution in [0.2, 0.25) is 0 Å². The second kappa shape index (κ2) is 15.6. The van der Waals surface area contributed by atoms with E-state index in [1.807, 2.05) is 0 Å². The first kappa shape index (κ1) is 15.9. The van der Waals surface area contributed by atoms with E-state index in [0.29, 0.717) is 0 Å². The number of aliphatic hydroxyl groups is 2. The first-order valence-corrected chi connectivity index (χ1v) is 2.44. The van der Waals surface area contributed by atoms with Gasteiger partial charge in [0, 0.05) is 34.4 Å². The van der Waals surface area contributed by atoms with Gasteiger partial charge < -0.3 is 10.2 Å². The summed E-state index contributed by atoms with van der Waals surface area (Å²) >= 11 is 0. The van der Waals surface area contributed by atoms with Crippen molar-refractivity contribution in [3.63, 3.8) is 0 Å². The van der Waals surface area contributed by atoms with Crippen LogP contribution in [0.4, 0.5) is 0 Å². The number of aliphatic hydroxyl groups excluding tert-OH is 2. The largest absolute Gasteiger partial charge is 0.397 e. The van der Waals surface area contributed by atoms with Crippen LogP contribution in [0.3, 0.4) is 0 Å². The minimum atomic E-state index is -0.167. The monoisotopic (exact) mass is 154 g/mol. The van der Waals surface area contributed by atoms with Crippen molar-refractivity contribution in [2.24, 2.45) is 0 Å². The molecule has 2 N–H and O–H groups in total. The third-order valence-corrected chi connectivity index (χ3v) is 0. The van der Waals surface area contributed by atoms with Gasteiger partial charge in [0.2, 0.25) is 0 Å². The molecule has 50 valence electrons. The fourth-order valence-corrected chi connectivity index (χ4v) is 0. The Hall–Kier alpha value is 0.634. The van der Waals surface area contributed by atoms with E-state index in [1.54, 1.807) is 20.8 Å². The molecule has 0 saturated heterocycles. The van der Waals surface area contributed by atoms with Crippen LogP contribution < -0.4 is 0 Å². The molecule has 0 bridgehead atoms. The Bertz CT molecular complexity index is 21.6. The SMILES string of the molecule is CC(C)O.CCO.[Ti]. The number of hydrogen-bond donors (Lipinski definition) is 2. The molecule has 0 aliphatic carbocycles. The van der Waals surface area contributed by atoms with E-state index >= 15 is 0 Å². The van der Waals surface area contributed by atoms with Crippen molar-refractivity contribution < 1.29 is 31.9 Å². The maximum atomic E-state index is 8.06. The van der Waals surface area contributed by atoms with Crippen LogP contribution in [-0.4, -0.2) is 22.9 Å². The Labute approximate surface area is 65.8 Å². The molecule has 0 aromatic carbocycles. The Balaban J connectivity index is -0.0000000575. The second-order valence-electron chi connectivity index (χ2n) is 1.41. The van der Waals surface area contributed by atoms with Crippen molar-refractivity contribution >= 4 is 0 Å². The Morgan fingerprint density at radius 2 is 1.38 bits per heavy atom. The maximum absolute atomic E-state index is 8.06. The second-order valence-corrected chi connectivity index (χ2v) is 1.41. The molecule has 0 amide bonds. The molecule has 0 aromatic rings. The Morgan fingerprint density at radius 3 is 1.38 bits per heavy atom. The molecular formula is C5H14O2Ti. The van der Waals surface area contributed by atoms with Crippen LogP contribution >= 0.6 is 0 Å². The Morgan fingerprint density at radius 1 is 1.38 bits per heavy atom. The summed E-state index contributed by atoms with van der Waals surface area (Å²) in [7, 11) is 0. The quantitative estimate of drug-likeness (QED) is 0.495. The zero-order valence-electron chi connectivity index (χ0n) is 5.68. The summed E-state index contributed by atoms with van der Waals surface area (Å²) in [4.78, 5) is 0. The van der Waals surface area contributed by atoms with Crippen LogP contribution in [0.25, 0.3) is 0 Å². The number of hydrogen-bond acceptors (Lipinski definition) is 2. The summed E-state index contributed by atoms with van der Waals surface area (Å²) in [5, 5.41) is 15.6. The first-order chi connectivity index (χ1) is 3.15. The molecule has 0 aliphatic rings. The molecule has 0 unspecified atom stereocenters. The van der Waals surface area contributed by atoms with Gasteiger partial charge in [0.05, 0.1) is 0 Å². The molecule has 0 saturated carbocycles. The molecule has 0 aromatic heterocycles. The fourth-order valence-electron chi connectivity index (χ4n) is 0. The summed E-state index contributed by atoms with van der Waals surface area (Å²) in [6.07, 6.45) is -0.167. The third-order valence-electron chi connectivity index (χ3n) is 0. The van der Waals surface area contributed by atoms with Gasteiger partial charge in [-0.15, -0.1) is 0 Å². The summed E-state index contributed by atoms with van der Waals surface area (Å²) < 4.78 is 0. The van der Waals surface area contributed by atoms with E-state index in [1.165, 1.54) is 0 Å². The molecule has 8 heavy (non-hydrogen) atoms. The molecule has 0 spiro atoms. The molecular weight excluding hydrogens is 140 g/mol. The van der Waals surface area contributed by atoms with Crippen molar-refractivity contribution in [3.05, 3.63) is 0 Å². The zero-order chi connectivity index (χ0) is 6.28. The standard InChI is InChI=1S/C3H8O.C2H6O.Ti/c1-3(2)4;1-2-3;/h3-4H,1-2H3;3H,2H2,1H3;. The van der Waals surface area contributed by atoms with Crippen LogP contribution in [0.1, 0.15) is 20.8 Å². The zero-order valence-corrected chi connectivity index (χ0v) is 7.24. The van der Waals surface area contributed by atoms with Gasteiger partial charge in [-0.05, 0) is 20.8 Å². The molecule has 0 fully saturated rings. The molecule has 0 atom stereocenters. The molecule has 0 radical (unpaired) electrons. The molecule has 0 rings (SSSR count). The van der Waals surface area contributed by atoms with Gasteiger partial charge in [0.1, 0.15) is 0 Å². The summed E-state index contributed by atoms with van der Waals surface area (Å²) in [5.74, 6) is 0. The van der Waals surface area contributed by atoms with Gasteiger partial charge >= 0.3 is 0 Å². The van der Waals surface area contributed by atoms with E-state index in [4.69, 9.17) is 10.2 Å². The topological polar surface area (TPSA) is 40.5 Å². The van der Waals surface area contributed by atoms with Gasteiger partial charge in [-0.25, -0.2) is 0 Å². The van der Waals surface area contributed by atoms with Crippen molar-refractivity contribution in [3.8, 4) is 0 Å². The fraction of sp³-hybridized carbons (Fsp3) is 1.00. The summed E-state index contributed by atoms with van der Waals surface area (Å²) in [6.45, 7) is 5.38.